The minimum Gasteiger partial charge on any atom is -0.497 e. The molecule has 2 aromatic carbocycles. The summed E-state index contributed by atoms with van der Waals surface area (Å²) in [5, 5.41) is 0. The van der Waals surface area contributed by atoms with E-state index in [2.05, 4.69) is 20.9 Å². The first kappa shape index (κ1) is 17.9. The molecule has 0 saturated heterocycles. The molecule has 0 fully saturated rings. The van der Waals surface area contributed by atoms with Crippen molar-refractivity contribution in [2.24, 2.45) is 4.99 Å². The molecule has 132 valence electrons. The van der Waals surface area contributed by atoms with Gasteiger partial charge in [0.15, 0.2) is 5.70 Å². The number of halogens is 1. The number of carbonyl (C=O) groups is 1. The lowest BCUT2D eigenvalue weighted by atomic mass is 10.1. The molecule has 2 aromatic rings. The molecule has 0 spiro atoms. The van der Waals surface area contributed by atoms with Gasteiger partial charge in [-0.1, -0.05) is 28.1 Å². The van der Waals surface area contributed by atoms with Crippen molar-refractivity contribution >= 4 is 39.9 Å². The van der Waals surface area contributed by atoms with E-state index in [1.807, 2.05) is 48.5 Å². The molecule has 0 unspecified atom stereocenters. The minimum atomic E-state index is -0.499. The monoisotopic (exact) mass is 413 g/mol. The summed E-state index contributed by atoms with van der Waals surface area (Å²) in [6.07, 6.45) is 5.10. The molecule has 0 atom stereocenters. The molecule has 1 heterocycles. The molecule has 0 N–H and O–H groups in total. The largest absolute Gasteiger partial charge is 0.497 e. The normalized spacial score (nSPS) is 15.3. The molecular formula is C20H16BrNO4. The van der Waals surface area contributed by atoms with Gasteiger partial charge in [-0.25, -0.2) is 9.79 Å². The second-order valence-electron chi connectivity index (χ2n) is 5.36. The molecule has 5 nitrogen and oxygen atoms in total. The first-order valence-electron chi connectivity index (χ1n) is 7.77. The van der Waals surface area contributed by atoms with Crippen molar-refractivity contribution < 1.29 is 19.0 Å². The lowest BCUT2D eigenvalue weighted by Gasteiger charge is -2.04. The van der Waals surface area contributed by atoms with Gasteiger partial charge >= 0.3 is 5.97 Å². The number of esters is 1. The number of rotatable bonds is 5. The van der Waals surface area contributed by atoms with Crippen molar-refractivity contribution in [1.29, 1.82) is 0 Å². The summed E-state index contributed by atoms with van der Waals surface area (Å²) in [7, 11) is 3.19. The number of carbonyl (C=O) groups excluding carboxylic acids is 1. The number of ether oxygens (including phenoxy) is 3. The predicted molar refractivity (Wildman–Crippen MR) is 104 cm³/mol. The van der Waals surface area contributed by atoms with E-state index in [-0.39, 0.29) is 11.6 Å². The van der Waals surface area contributed by atoms with E-state index >= 15 is 0 Å². The summed E-state index contributed by atoms with van der Waals surface area (Å²) in [5.41, 5.74) is 1.89. The Morgan fingerprint density at radius 2 is 1.81 bits per heavy atom. The Labute approximate surface area is 159 Å². The zero-order valence-electron chi connectivity index (χ0n) is 14.2. The van der Waals surface area contributed by atoms with Crippen LogP contribution in [0.5, 0.6) is 11.5 Å². The van der Waals surface area contributed by atoms with Gasteiger partial charge in [-0.15, -0.1) is 0 Å². The summed E-state index contributed by atoms with van der Waals surface area (Å²) in [6, 6.07) is 13.0. The van der Waals surface area contributed by atoms with Gasteiger partial charge in [-0.3, -0.25) is 0 Å². The zero-order chi connectivity index (χ0) is 18.5. The highest BCUT2D eigenvalue weighted by atomic mass is 79.9. The quantitative estimate of drug-likeness (QED) is 0.535. The van der Waals surface area contributed by atoms with Gasteiger partial charge < -0.3 is 14.2 Å². The third-order valence-electron chi connectivity index (χ3n) is 3.66. The van der Waals surface area contributed by atoms with Crippen LogP contribution in [0.25, 0.3) is 12.2 Å². The van der Waals surface area contributed by atoms with Crippen LogP contribution in [0.2, 0.25) is 0 Å². The van der Waals surface area contributed by atoms with E-state index in [1.54, 1.807) is 26.4 Å². The second-order valence-corrected chi connectivity index (χ2v) is 6.28. The fourth-order valence-electron chi connectivity index (χ4n) is 2.34. The van der Waals surface area contributed by atoms with Crippen molar-refractivity contribution in [3.8, 4) is 11.5 Å². The molecule has 0 bridgehead atoms. The maximum Gasteiger partial charge on any atom is 0.363 e. The number of methoxy groups -OCH3 is 2. The Morgan fingerprint density at radius 1 is 1.04 bits per heavy atom. The molecule has 6 heteroatoms. The van der Waals surface area contributed by atoms with Crippen LogP contribution in [0.1, 0.15) is 11.1 Å². The van der Waals surface area contributed by atoms with Gasteiger partial charge in [0.2, 0.25) is 5.90 Å². The van der Waals surface area contributed by atoms with E-state index < -0.39 is 5.97 Å². The van der Waals surface area contributed by atoms with Crippen LogP contribution in [-0.2, 0) is 9.53 Å². The van der Waals surface area contributed by atoms with Crippen molar-refractivity contribution in [2.75, 3.05) is 14.2 Å². The number of aliphatic imine (C=N–C) groups is 1. The van der Waals surface area contributed by atoms with Gasteiger partial charge in [-0.2, -0.15) is 0 Å². The van der Waals surface area contributed by atoms with Gasteiger partial charge in [0.1, 0.15) is 11.5 Å². The standard InChI is InChI=1S/C20H16BrNO4/c1-24-16-7-3-13(4-8-16)5-10-19-22-17(20(23)26-19)12-14-11-15(21)6-9-18(14)25-2/h3-12H,1-2H3. The summed E-state index contributed by atoms with van der Waals surface area (Å²) in [4.78, 5) is 16.3. The Bertz CT molecular complexity index is 914. The predicted octanol–water partition coefficient (Wildman–Crippen LogP) is 4.48. The third-order valence-corrected chi connectivity index (χ3v) is 4.15. The van der Waals surface area contributed by atoms with Crippen LogP contribution in [-0.4, -0.2) is 26.1 Å². The summed E-state index contributed by atoms with van der Waals surface area (Å²) < 4.78 is 16.5. The van der Waals surface area contributed by atoms with Crippen LogP contribution in [0, 0.1) is 0 Å². The van der Waals surface area contributed by atoms with Crippen molar-refractivity contribution in [1.82, 2.24) is 0 Å². The van der Waals surface area contributed by atoms with E-state index in [0.29, 0.717) is 5.75 Å². The van der Waals surface area contributed by atoms with Crippen LogP contribution >= 0.6 is 15.9 Å². The van der Waals surface area contributed by atoms with E-state index in [4.69, 9.17) is 14.2 Å². The zero-order valence-corrected chi connectivity index (χ0v) is 15.8. The molecular weight excluding hydrogens is 398 g/mol. The number of hydrogen-bond donors (Lipinski definition) is 0. The Hall–Kier alpha value is -2.86. The average molecular weight is 414 g/mol. The molecule has 26 heavy (non-hydrogen) atoms. The number of hydrogen-bond acceptors (Lipinski definition) is 5. The Kier molecular flexibility index (Phi) is 5.53. The van der Waals surface area contributed by atoms with Gasteiger partial charge in [0, 0.05) is 16.1 Å². The maximum absolute atomic E-state index is 12.1. The van der Waals surface area contributed by atoms with Gasteiger partial charge in [0.05, 0.1) is 14.2 Å². The summed E-state index contributed by atoms with van der Waals surface area (Å²) in [6.45, 7) is 0. The smallest absolute Gasteiger partial charge is 0.363 e. The van der Waals surface area contributed by atoms with Crippen molar-refractivity contribution in [3.05, 3.63) is 69.8 Å². The SMILES string of the molecule is COc1ccc(C=CC2=NC(=Cc3cc(Br)ccc3OC)C(=O)O2)cc1. The highest BCUT2D eigenvalue weighted by Crippen LogP contribution is 2.27. The van der Waals surface area contributed by atoms with Crippen LogP contribution in [0.4, 0.5) is 0 Å². The van der Waals surface area contributed by atoms with E-state index in [0.717, 1.165) is 21.3 Å². The van der Waals surface area contributed by atoms with Gasteiger partial charge in [-0.05, 0) is 48.0 Å². The topological polar surface area (TPSA) is 57.1 Å². The molecule has 1 aliphatic rings. The maximum atomic E-state index is 12.1. The average Bonchev–Trinajstić information content (AvgIpc) is 3.00. The fourth-order valence-corrected chi connectivity index (χ4v) is 2.72. The van der Waals surface area contributed by atoms with Crippen LogP contribution in [0.3, 0.4) is 0 Å². The highest BCUT2D eigenvalue weighted by molar-refractivity contribution is 9.10. The molecule has 1 aliphatic heterocycles. The fraction of sp³-hybridized carbons (Fsp3) is 0.100. The summed E-state index contributed by atoms with van der Waals surface area (Å²) >= 11 is 3.41. The van der Waals surface area contributed by atoms with E-state index in [9.17, 15) is 4.79 Å². The minimum absolute atomic E-state index is 0.218. The Morgan fingerprint density at radius 3 is 2.50 bits per heavy atom. The molecule has 0 amide bonds. The molecule has 0 saturated carbocycles. The van der Waals surface area contributed by atoms with Crippen LogP contribution < -0.4 is 9.47 Å². The molecule has 0 aromatic heterocycles. The molecule has 3 rings (SSSR count). The number of nitrogens with zero attached hydrogens (tertiary/aromatic N) is 1. The summed E-state index contributed by atoms with van der Waals surface area (Å²) in [5.74, 6) is 1.17. The second kappa shape index (κ2) is 8.01. The van der Waals surface area contributed by atoms with Crippen molar-refractivity contribution in [3.63, 3.8) is 0 Å². The lowest BCUT2D eigenvalue weighted by molar-refractivity contribution is -0.129. The number of cyclic esters (lactones) is 1. The number of benzene rings is 2. The van der Waals surface area contributed by atoms with Crippen LogP contribution in [0.15, 0.2) is 63.7 Å². The lowest BCUT2D eigenvalue weighted by Crippen LogP contribution is -2.01. The van der Waals surface area contributed by atoms with Crippen molar-refractivity contribution in [2.45, 2.75) is 0 Å². The molecule has 0 aliphatic carbocycles. The van der Waals surface area contributed by atoms with Gasteiger partial charge in [0.25, 0.3) is 0 Å². The molecule has 0 radical (unpaired) electrons. The first-order chi connectivity index (χ1) is 12.6. The van der Waals surface area contributed by atoms with E-state index in [1.165, 1.54) is 0 Å². The third kappa shape index (κ3) is 4.21. The first-order valence-corrected chi connectivity index (χ1v) is 8.56. The highest BCUT2D eigenvalue weighted by Gasteiger charge is 2.21. The Balaban J connectivity index is 1.82.